The van der Waals surface area contributed by atoms with Crippen LogP contribution >= 0.6 is 0 Å². The topological polar surface area (TPSA) is 20.2 Å². The Kier molecular flexibility index (Phi) is 10.0. The number of aliphatic hydroxyl groups excluding tert-OH is 1. The van der Waals surface area contributed by atoms with Gasteiger partial charge >= 0.3 is 21.7 Å². The van der Waals surface area contributed by atoms with Crippen LogP contribution in [0.15, 0.2) is 22.3 Å². The van der Waals surface area contributed by atoms with E-state index in [-0.39, 0.29) is 58.6 Å². The third-order valence-corrected chi connectivity index (χ3v) is 3.43. The fraction of sp³-hybridized carbons (Fsp3) is 0.636. The molecule has 0 spiro atoms. The summed E-state index contributed by atoms with van der Waals surface area (Å²) in [6.45, 7) is 10.9. The molecule has 0 amide bonds. The summed E-state index contributed by atoms with van der Waals surface area (Å²) in [6.07, 6.45) is 0. The van der Waals surface area contributed by atoms with E-state index >= 15 is 0 Å². The van der Waals surface area contributed by atoms with Crippen molar-refractivity contribution >= 4 is 0 Å². The number of halogens is 2. The van der Waals surface area contributed by atoms with E-state index in [1.807, 2.05) is 0 Å². The number of rotatable bonds is 1. The molecule has 4 heteroatoms. The van der Waals surface area contributed by atoms with E-state index in [4.69, 9.17) is 0 Å². The Morgan fingerprint density at radius 1 is 1.00 bits per heavy atom. The molecular weight excluding hydrogens is 267 g/mol. The Hall–Kier alpha value is 0.734. The molecule has 0 saturated heterocycles. The van der Waals surface area contributed by atoms with Crippen LogP contribution in [0.5, 0.6) is 0 Å². The smallest absolute Gasteiger partial charge is 1.00 e. The summed E-state index contributed by atoms with van der Waals surface area (Å²) < 4.78 is 0. The molecular formula is C11H18Cl2OTi. The van der Waals surface area contributed by atoms with Crippen molar-refractivity contribution in [1.29, 1.82) is 0 Å². The van der Waals surface area contributed by atoms with E-state index in [9.17, 15) is 5.11 Å². The minimum Gasteiger partial charge on any atom is -1.00 e. The van der Waals surface area contributed by atoms with Crippen LogP contribution in [0, 0.1) is 5.41 Å². The Morgan fingerprint density at radius 2 is 1.40 bits per heavy atom. The van der Waals surface area contributed by atoms with Crippen molar-refractivity contribution in [1.82, 2.24) is 0 Å². The maximum atomic E-state index is 9.22. The maximum Gasteiger partial charge on any atom is 2.00 e. The van der Waals surface area contributed by atoms with Gasteiger partial charge in [0, 0.05) is 5.41 Å². The molecule has 86 valence electrons. The van der Waals surface area contributed by atoms with Gasteiger partial charge in [0.25, 0.3) is 0 Å². The van der Waals surface area contributed by atoms with Crippen molar-refractivity contribution in [3.63, 3.8) is 0 Å². The second-order valence-electron chi connectivity index (χ2n) is 4.14. The van der Waals surface area contributed by atoms with Gasteiger partial charge in [-0.1, -0.05) is 19.4 Å². The summed E-state index contributed by atoms with van der Waals surface area (Å²) in [5.74, 6) is 0. The molecule has 0 fully saturated rings. The van der Waals surface area contributed by atoms with Crippen molar-refractivity contribution in [2.45, 2.75) is 34.6 Å². The van der Waals surface area contributed by atoms with Crippen molar-refractivity contribution in [3.05, 3.63) is 22.3 Å². The van der Waals surface area contributed by atoms with Gasteiger partial charge in [-0.25, -0.2) is 0 Å². The average Bonchev–Trinajstić information content (AvgIpc) is 2.13. The number of hydrogen-bond donors (Lipinski definition) is 1. The zero-order chi connectivity index (χ0) is 9.52. The Bertz CT molecular complexity index is 280. The molecule has 1 aliphatic rings. The summed E-state index contributed by atoms with van der Waals surface area (Å²) in [5.41, 5.74) is 5.27. The molecule has 0 bridgehead atoms. The molecule has 0 heterocycles. The molecule has 0 saturated carbocycles. The van der Waals surface area contributed by atoms with E-state index in [0.717, 1.165) is 0 Å². The molecule has 0 unspecified atom stereocenters. The molecule has 1 rings (SSSR count). The fourth-order valence-corrected chi connectivity index (χ4v) is 1.99. The molecule has 1 aliphatic carbocycles. The van der Waals surface area contributed by atoms with E-state index in [0.29, 0.717) is 0 Å². The molecule has 15 heavy (non-hydrogen) atoms. The zero-order valence-corrected chi connectivity index (χ0v) is 13.0. The largest absolute Gasteiger partial charge is 2.00 e. The van der Waals surface area contributed by atoms with Gasteiger partial charge in [0.2, 0.25) is 0 Å². The monoisotopic (exact) mass is 284 g/mol. The van der Waals surface area contributed by atoms with Crippen molar-refractivity contribution in [3.8, 4) is 0 Å². The fourth-order valence-electron chi connectivity index (χ4n) is 1.99. The van der Waals surface area contributed by atoms with E-state index < -0.39 is 0 Å². The third kappa shape index (κ3) is 3.34. The van der Waals surface area contributed by atoms with Gasteiger partial charge in [-0.2, -0.15) is 0 Å². The van der Waals surface area contributed by atoms with E-state index in [1.165, 1.54) is 22.3 Å². The van der Waals surface area contributed by atoms with Gasteiger partial charge < -0.3 is 29.9 Å². The Morgan fingerprint density at radius 3 is 1.53 bits per heavy atom. The van der Waals surface area contributed by atoms with Crippen molar-refractivity contribution in [2.75, 3.05) is 6.61 Å². The molecule has 0 aromatic rings. The van der Waals surface area contributed by atoms with E-state index in [1.54, 1.807) is 0 Å². The molecule has 1 nitrogen and oxygen atoms in total. The van der Waals surface area contributed by atoms with Crippen molar-refractivity contribution in [2.24, 2.45) is 5.41 Å². The molecule has 0 atom stereocenters. The van der Waals surface area contributed by atoms with Crippen LogP contribution in [0.3, 0.4) is 0 Å². The molecule has 0 radical (unpaired) electrons. The van der Waals surface area contributed by atoms with Gasteiger partial charge in [0.1, 0.15) is 0 Å². The first-order valence-corrected chi connectivity index (χ1v) is 4.42. The number of allylic oxidation sites excluding steroid dienone is 3. The predicted octanol–water partition coefficient (Wildman–Crippen LogP) is -3.32. The average molecular weight is 285 g/mol. The first-order chi connectivity index (χ1) is 5.42. The van der Waals surface area contributed by atoms with Gasteiger partial charge in [-0.3, -0.25) is 0 Å². The Balaban J connectivity index is -0.000000480. The quantitative estimate of drug-likeness (QED) is 0.500. The molecule has 0 aromatic heterocycles. The first kappa shape index (κ1) is 21.1. The SMILES string of the molecule is CC1=C(C)C(C)(C)C(CO)=C1C.[Cl-].[Cl-].[Ti+2]. The standard InChI is InChI=1S/C11H18O.2ClH.Ti/c1-7-8(2)10(6-12)11(4,5)9(7)3;;;/h12H,6H2,1-5H3;2*1H;/q;;;+2/p-2. The maximum absolute atomic E-state index is 9.22. The third-order valence-electron chi connectivity index (χ3n) is 3.43. The van der Waals surface area contributed by atoms with Crippen LogP contribution in [0.2, 0.25) is 0 Å². The molecule has 1 N–H and O–H groups in total. The molecule has 0 aromatic carbocycles. The number of aliphatic hydroxyl groups is 1. The van der Waals surface area contributed by atoms with Crippen LogP contribution in [0.25, 0.3) is 0 Å². The van der Waals surface area contributed by atoms with Crippen LogP contribution in [-0.4, -0.2) is 11.7 Å². The van der Waals surface area contributed by atoms with Crippen molar-refractivity contribution < 1.29 is 51.6 Å². The summed E-state index contributed by atoms with van der Waals surface area (Å²) in [4.78, 5) is 0. The Labute approximate surface area is 120 Å². The summed E-state index contributed by atoms with van der Waals surface area (Å²) in [7, 11) is 0. The molecule has 0 aliphatic heterocycles. The van der Waals surface area contributed by atoms with Crippen LogP contribution in [0.1, 0.15) is 34.6 Å². The second-order valence-corrected chi connectivity index (χ2v) is 4.14. The first-order valence-electron chi connectivity index (χ1n) is 4.42. The van der Waals surface area contributed by atoms with Gasteiger partial charge in [0.05, 0.1) is 6.61 Å². The van der Waals surface area contributed by atoms with Crippen LogP contribution in [-0.2, 0) is 21.7 Å². The minimum atomic E-state index is 0. The normalized spacial score (nSPS) is 18.0. The van der Waals surface area contributed by atoms with Crippen LogP contribution < -0.4 is 24.8 Å². The number of hydrogen-bond acceptors (Lipinski definition) is 1. The summed E-state index contributed by atoms with van der Waals surface area (Å²) >= 11 is 0. The van der Waals surface area contributed by atoms with Crippen LogP contribution in [0.4, 0.5) is 0 Å². The predicted molar refractivity (Wildman–Crippen MR) is 51.9 cm³/mol. The second kappa shape index (κ2) is 7.14. The van der Waals surface area contributed by atoms with Gasteiger partial charge in [0.15, 0.2) is 0 Å². The summed E-state index contributed by atoms with van der Waals surface area (Å²) in [6, 6.07) is 0. The van der Waals surface area contributed by atoms with Gasteiger partial charge in [-0.15, -0.1) is 0 Å². The summed E-state index contributed by atoms with van der Waals surface area (Å²) in [5, 5.41) is 9.22. The van der Waals surface area contributed by atoms with E-state index in [2.05, 4.69) is 34.6 Å². The minimum absolute atomic E-state index is 0. The zero-order valence-electron chi connectivity index (χ0n) is 9.91. The van der Waals surface area contributed by atoms with Gasteiger partial charge in [-0.05, 0) is 37.5 Å².